The third-order valence-corrected chi connectivity index (χ3v) is 2.18. The molecule has 1 aromatic carbocycles. The van der Waals surface area contributed by atoms with E-state index in [1.807, 2.05) is 12.1 Å². The molecule has 0 atom stereocenters. The summed E-state index contributed by atoms with van der Waals surface area (Å²) in [5, 5.41) is 7.48. The summed E-state index contributed by atoms with van der Waals surface area (Å²) in [6.45, 7) is 4.18. The molecule has 0 aliphatic heterocycles. The van der Waals surface area contributed by atoms with E-state index < -0.39 is 0 Å². The van der Waals surface area contributed by atoms with Crippen molar-refractivity contribution in [1.29, 1.82) is 5.41 Å². The molecular formula is C11H16N2O. The molecule has 14 heavy (non-hydrogen) atoms. The molecule has 3 heteroatoms. The van der Waals surface area contributed by atoms with Crippen LogP contribution in [0.25, 0.3) is 0 Å². The Labute approximate surface area is 84.4 Å². The summed E-state index contributed by atoms with van der Waals surface area (Å²) in [6.07, 6.45) is 0. The largest absolute Gasteiger partial charge is 0.481 e. The smallest absolute Gasteiger partial charge is 0.212 e. The summed E-state index contributed by atoms with van der Waals surface area (Å²) in [5.41, 5.74) is 8.41. The monoisotopic (exact) mass is 192 g/mol. The van der Waals surface area contributed by atoms with Crippen molar-refractivity contribution in [3.63, 3.8) is 0 Å². The first-order valence-electron chi connectivity index (χ1n) is 4.58. The minimum Gasteiger partial charge on any atom is -0.481 e. The Balaban J connectivity index is 3.06. The van der Waals surface area contributed by atoms with E-state index in [4.69, 9.17) is 15.9 Å². The SMILES string of the molecule is COC(=N)c1ccc(C(C)C)c(N)c1. The Morgan fingerprint density at radius 3 is 2.50 bits per heavy atom. The quantitative estimate of drug-likeness (QED) is 0.429. The summed E-state index contributed by atoms with van der Waals surface area (Å²) in [4.78, 5) is 0. The predicted molar refractivity (Wildman–Crippen MR) is 58.8 cm³/mol. The molecule has 0 spiro atoms. The van der Waals surface area contributed by atoms with Crippen molar-refractivity contribution in [2.24, 2.45) is 0 Å². The number of nitrogens with two attached hydrogens (primary N) is 1. The van der Waals surface area contributed by atoms with E-state index >= 15 is 0 Å². The maximum absolute atomic E-state index is 7.48. The van der Waals surface area contributed by atoms with E-state index in [2.05, 4.69) is 13.8 Å². The van der Waals surface area contributed by atoms with Crippen LogP contribution in [0.4, 0.5) is 5.69 Å². The fourth-order valence-corrected chi connectivity index (χ4v) is 1.36. The molecule has 0 bridgehead atoms. The number of anilines is 1. The molecule has 0 amide bonds. The summed E-state index contributed by atoms with van der Waals surface area (Å²) in [7, 11) is 1.48. The molecule has 0 unspecified atom stereocenters. The van der Waals surface area contributed by atoms with Gasteiger partial charge in [-0.1, -0.05) is 19.9 Å². The van der Waals surface area contributed by atoms with Crippen LogP contribution in [0.5, 0.6) is 0 Å². The first-order chi connectivity index (χ1) is 6.56. The van der Waals surface area contributed by atoms with Gasteiger partial charge in [-0.25, -0.2) is 0 Å². The number of rotatable bonds is 2. The molecule has 3 N–H and O–H groups in total. The highest BCUT2D eigenvalue weighted by atomic mass is 16.5. The van der Waals surface area contributed by atoms with Crippen molar-refractivity contribution in [2.45, 2.75) is 19.8 Å². The molecular weight excluding hydrogens is 176 g/mol. The molecule has 3 nitrogen and oxygen atoms in total. The van der Waals surface area contributed by atoms with E-state index in [1.165, 1.54) is 7.11 Å². The zero-order valence-electron chi connectivity index (χ0n) is 8.79. The number of ether oxygens (including phenoxy) is 1. The number of nitrogens with one attached hydrogen (secondary N) is 1. The van der Waals surface area contributed by atoms with Crippen LogP contribution in [0.15, 0.2) is 18.2 Å². The maximum Gasteiger partial charge on any atom is 0.212 e. The second kappa shape index (κ2) is 4.13. The van der Waals surface area contributed by atoms with Gasteiger partial charge in [0.05, 0.1) is 7.11 Å². The molecule has 0 radical (unpaired) electrons. The Morgan fingerprint density at radius 1 is 1.43 bits per heavy atom. The van der Waals surface area contributed by atoms with Crippen LogP contribution in [0.2, 0.25) is 0 Å². The second-order valence-corrected chi connectivity index (χ2v) is 3.53. The van der Waals surface area contributed by atoms with Crippen molar-refractivity contribution >= 4 is 11.6 Å². The molecule has 0 saturated heterocycles. The maximum atomic E-state index is 7.48. The van der Waals surface area contributed by atoms with E-state index in [-0.39, 0.29) is 5.90 Å². The van der Waals surface area contributed by atoms with Gasteiger partial charge in [-0.2, -0.15) is 0 Å². The lowest BCUT2D eigenvalue weighted by Gasteiger charge is -2.11. The van der Waals surface area contributed by atoms with Gasteiger partial charge in [0.25, 0.3) is 0 Å². The average molecular weight is 192 g/mol. The first-order valence-corrected chi connectivity index (χ1v) is 4.58. The second-order valence-electron chi connectivity index (χ2n) is 3.53. The van der Waals surface area contributed by atoms with Gasteiger partial charge in [0, 0.05) is 11.3 Å². The van der Waals surface area contributed by atoms with Crippen LogP contribution in [0.1, 0.15) is 30.9 Å². The van der Waals surface area contributed by atoms with Gasteiger partial charge in [0.1, 0.15) is 0 Å². The zero-order chi connectivity index (χ0) is 10.7. The van der Waals surface area contributed by atoms with Gasteiger partial charge in [-0.05, 0) is 23.6 Å². The average Bonchev–Trinajstić information content (AvgIpc) is 2.15. The summed E-state index contributed by atoms with van der Waals surface area (Å²) < 4.78 is 4.82. The highest BCUT2D eigenvalue weighted by Crippen LogP contribution is 2.22. The minimum atomic E-state index is 0.145. The number of nitrogen functional groups attached to an aromatic ring is 1. The molecule has 0 heterocycles. The molecule has 1 rings (SSSR count). The highest BCUT2D eigenvalue weighted by Gasteiger charge is 2.07. The highest BCUT2D eigenvalue weighted by molar-refractivity contribution is 5.92. The molecule has 0 aliphatic rings. The van der Waals surface area contributed by atoms with E-state index in [9.17, 15) is 0 Å². The predicted octanol–water partition coefficient (Wildman–Crippen LogP) is 2.36. The van der Waals surface area contributed by atoms with Gasteiger partial charge in [-0.3, -0.25) is 5.41 Å². The lowest BCUT2D eigenvalue weighted by molar-refractivity contribution is 0.401. The third-order valence-electron chi connectivity index (χ3n) is 2.18. The van der Waals surface area contributed by atoms with Crippen LogP contribution >= 0.6 is 0 Å². The van der Waals surface area contributed by atoms with Crippen molar-refractivity contribution in [3.8, 4) is 0 Å². The number of benzene rings is 1. The molecule has 0 aliphatic carbocycles. The topological polar surface area (TPSA) is 59.1 Å². The molecule has 76 valence electrons. The van der Waals surface area contributed by atoms with Gasteiger partial charge >= 0.3 is 0 Å². The third kappa shape index (κ3) is 2.05. The normalized spacial score (nSPS) is 10.3. The van der Waals surface area contributed by atoms with E-state index in [1.54, 1.807) is 6.07 Å². The van der Waals surface area contributed by atoms with E-state index in [0.717, 1.165) is 16.8 Å². The molecule has 0 saturated carbocycles. The van der Waals surface area contributed by atoms with Crippen molar-refractivity contribution < 1.29 is 4.74 Å². The number of hydrogen-bond acceptors (Lipinski definition) is 3. The van der Waals surface area contributed by atoms with Crippen LogP contribution in [0.3, 0.4) is 0 Å². The summed E-state index contributed by atoms with van der Waals surface area (Å²) in [5.74, 6) is 0.549. The number of methoxy groups -OCH3 is 1. The van der Waals surface area contributed by atoms with Gasteiger partial charge in [0.2, 0.25) is 5.90 Å². The van der Waals surface area contributed by atoms with E-state index in [0.29, 0.717) is 5.92 Å². The summed E-state index contributed by atoms with van der Waals surface area (Å²) in [6, 6.07) is 5.58. The van der Waals surface area contributed by atoms with Crippen LogP contribution in [0, 0.1) is 5.41 Å². The van der Waals surface area contributed by atoms with Gasteiger partial charge in [-0.15, -0.1) is 0 Å². The summed E-state index contributed by atoms with van der Waals surface area (Å²) >= 11 is 0. The Morgan fingerprint density at radius 2 is 2.07 bits per heavy atom. The molecule has 0 aromatic heterocycles. The van der Waals surface area contributed by atoms with Crippen molar-refractivity contribution in [3.05, 3.63) is 29.3 Å². The molecule has 1 aromatic rings. The number of hydrogen-bond donors (Lipinski definition) is 2. The molecule has 0 fully saturated rings. The fraction of sp³-hybridized carbons (Fsp3) is 0.364. The van der Waals surface area contributed by atoms with Crippen LogP contribution < -0.4 is 5.73 Å². The standard InChI is InChI=1S/C11H16N2O/c1-7(2)9-5-4-8(6-10(9)12)11(13)14-3/h4-7,13H,12H2,1-3H3. The van der Waals surface area contributed by atoms with Crippen molar-refractivity contribution in [1.82, 2.24) is 0 Å². The lowest BCUT2D eigenvalue weighted by Crippen LogP contribution is -2.04. The first kappa shape index (κ1) is 10.6. The van der Waals surface area contributed by atoms with Gasteiger partial charge < -0.3 is 10.5 Å². The van der Waals surface area contributed by atoms with Crippen LogP contribution in [-0.2, 0) is 4.74 Å². The Bertz CT molecular complexity index is 345. The van der Waals surface area contributed by atoms with Crippen LogP contribution in [-0.4, -0.2) is 13.0 Å². The van der Waals surface area contributed by atoms with Gasteiger partial charge in [0.15, 0.2) is 0 Å². The van der Waals surface area contributed by atoms with Crippen molar-refractivity contribution in [2.75, 3.05) is 12.8 Å². The fourth-order valence-electron chi connectivity index (χ4n) is 1.36. The Kier molecular flexibility index (Phi) is 3.12. The lowest BCUT2D eigenvalue weighted by atomic mass is 9.99. The Hall–Kier alpha value is -1.51. The minimum absolute atomic E-state index is 0.145. The zero-order valence-corrected chi connectivity index (χ0v) is 8.79.